The molecule has 2 rings (SSSR count). The molecule has 62 valence electrons. The van der Waals surface area contributed by atoms with Gasteiger partial charge in [-0.15, -0.1) is 5.23 Å². The Morgan fingerprint density at radius 1 is 1.42 bits per heavy atom. The van der Waals surface area contributed by atoms with Crippen LogP contribution < -0.4 is 5.23 Å². The van der Waals surface area contributed by atoms with Crippen LogP contribution in [0.5, 0.6) is 0 Å². The summed E-state index contributed by atoms with van der Waals surface area (Å²) >= 11 is 5.45. The Morgan fingerprint density at radius 3 is 3.00 bits per heavy atom. The summed E-state index contributed by atoms with van der Waals surface area (Å²) in [5.41, 5.74) is 1.00. The van der Waals surface area contributed by atoms with Crippen LogP contribution in [-0.2, 0) is 4.84 Å². The van der Waals surface area contributed by atoms with Crippen molar-refractivity contribution in [2.24, 2.45) is 4.99 Å². The molecule has 0 radical (unpaired) electrons. The Bertz CT molecular complexity index is 340. The van der Waals surface area contributed by atoms with Crippen LogP contribution in [0.4, 0.5) is 11.4 Å². The van der Waals surface area contributed by atoms with Crippen molar-refractivity contribution in [3.63, 3.8) is 0 Å². The third-order valence-electron chi connectivity index (χ3n) is 1.51. The second-order valence-electron chi connectivity index (χ2n) is 2.27. The van der Waals surface area contributed by atoms with Gasteiger partial charge in [0.1, 0.15) is 5.69 Å². The van der Waals surface area contributed by atoms with Crippen molar-refractivity contribution in [2.45, 2.75) is 0 Å². The molecule has 0 aliphatic carbocycles. The van der Waals surface area contributed by atoms with E-state index in [1.54, 1.807) is 24.3 Å². The van der Waals surface area contributed by atoms with Gasteiger partial charge in [-0.2, -0.15) is 4.99 Å². The van der Waals surface area contributed by atoms with Crippen LogP contribution in [0.3, 0.4) is 0 Å². The molecule has 4 nitrogen and oxygen atoms in total. The summed E-state index contributed by atoms with van der Waals surface area (Å²) in [5, 5.41) is 10.5. The molecule has 1 unspecified atom stereocenters. The minimum absolute atomic E-state index is 0.126. The van der Waals surface area contributed by atoms with Crippen molar-refractivity contribution in [3.8, 4) is 0 Å². The zero-order valence-corrected chi connectivity index (χ0v) is 6.71. The maximum absolute atomic E-state index is 11.1. The molecular formula is C7H5ClN2O2. The highest BCUT2D eigenvalue weighted by Gasteiger charge is 2.18. The fourth-order valence-corrected chi connectivity index (χ4v) is 1.15. The van der Waals surface area contributed by atoms with Crippen molar-refractivity contribution < 1.29 is 10.1 Å². The quantitative estimate of drug-likeness (QED) is 0.609. The number of nitrogens with one attached hydrogen (secondary N) is 1. The van der Waals surface area contributed by atoms with Crippen LogP contribution in [-0.4, -0.2) is 5.36 Å². The minimum atomic E-state index is -0.453. The van der Waals surface area contributed by atoms with Gasteiger partial charge in [0.05, 0.1) is 0 Å². The molecule has 1 N–H and O–H groups in total. The Hall–Kier alpha value is -1.10. The Kier molecular flexibility index (Phi) is 1.73. The average molecular weight is 185 g/mol. The molecule has 1 aromatic carbocycles. The van der Waals surface area contributed by atoms with Gasteiger partial charge in [-0.25, -0.2) is 0 Å². The molecule has 0 bridgehead atoms. The molecule has 0 saturated carbocycles. The van der Waals surface area contributed by atoms with E-state index < -0.39 is 5.23 Å². The smallest absolute Gasteiger partial charge is 0.353 e. The molecule has 1 aromatic rings. The number of hydrogen-bond acceptors (Lipinski definition) is 3. The second kappa shape index (κ2) is 2.75. The van der Waals surface area contributed by atoms with E-state index in [2.05, 4.69) is 9.83 Å². The van der Waals surface area contributed by atoms with Crippen LogP contribution in [0, 0.1) is 5.21 Å². The molecule has 1 aliphatic rings. The summed E-state index contributed by atoms with van der Waals surface area (Å²) in [6, 6.07) is 6.88. The number of hydrogen-bond donors (Lipinski definition) is 1. The Labute approximate surface area is 73.6 Å². The number of quaternary nitrogens is 1. The van der Waals surface area contributed by atoms with Gasteiger partial charge >= 0.3 is 5.36 Å². The summed E-state index contributed by atoms with van der Waals surface area (Å²) in [5.74, 6) is 0. The van der Waals surface area contributed by atoms with Gasteiger partial charge in [0.2, 0.25) is 0 Å². The minimum Gasteiger partial charge on any atom is -0.585 e. The highest BCUT2D eigenvalue weighted by molar-refractivity contribution is 6.63. The SMILES string of the molecule is [O-][NH+]1OC(Cl)=Nc2ccccc21. The van der Waals surface area contributed by atoms with E-state index in [0.717, 1.165) is 0 Å². The molecule has 0 saturated heterocycles. The average Bonchev–Trinajstić information content (AvgIpc) is 2.04. The van der Waals surface area contributed by atoms with Gasteiger partial charge in [-0.1, -0.05) is 12.1 Å². The lowest BCUT2D eigenvalue weighted by molar-refractivity contribution is -0.974. The third kappa shape index (κ3) is 1.16. The van der Waals surface area contributed by atoms with Crippen LogP contribution in [0.2, 0.25) is 0 Å². The van der Waals surface area contributed by atoms with E-state index in [4.69, 9.17) is 11.6 Å². The molecule has 0 amide bonds. The number of nitrogens with zero attached hydrogens (tertiary/aromatic N) is 1. The topological polar surface area (TPSA) is 49.1 Å². The van der Waals surface area contributed by atoms with Crippen molar-refractivity contribution in [1.82, 2.24) is 0 Å². The molecule has 5 heteroatoms. The van der Waals surface area contributed by atoms with Crippen LogP contribution in [0.15, 0.2) is 29.3 Å². The van der Waals surface area contributed by atoms with E-state index >= 15 is 0 Å². The molecular weight excluding hydrogens is 180 g/mol. The first-order valence-corrected chi connectivity index (χ1v) is 3.70. The predicted molar refractivity (Wildman–Crippen MR) is 44.5 cm³/mol. The second-order valence-corrected chi connectivity index (χ2v) is 2.59. The fraction of sp³-hybridized carbons (Fsp3) is 0. The largest absolute Gasteiger partial charge is 0.585 e. The molecule has 0 aromatic heterocycles. The lowest BCUT2D eigenvalue weighted by Crippen LogP contribution is -3.01. The summed E-state index contributed by atoms with van der Waals surface area (Å²) in [4.78, 5) is 8.42. The van der Waals surface area contributed by atoms with Crippen LogP contribution >= 0.6 is 11.6 Å². The number of halogens is 1. The molecule has 1 aliphatic heterocycles. The molecule has 1 heterocycles. The van der Waals surface area contributed by atoms with E-state index in [1.165, 1.54) is 0 Å². The zero-order valence-electron chi connectivity index (χ0n) is 5.95. The fourth-order valence-electron chi connectivity index (χ4n) is 0.993. The van der Waals surface area contributed by atoms with Crippen molar-refractivity contribution in [2.75, 3.05) is 0 Å². The predicted octanol–water partition coefficient (Wildman–Crippen LogP) is 0.872. The van der Waals surface area contributed by atoms with Crippen molar-refractivity contribution in [3.05, 3.63) is 29.5 Å². The standard InChI is InChI=1S/C7H5ClN2O2/c8-7-9-5-3-1-2-4-6(5)10(11)12-7/h1-4,10H. The molecule has 12 heavy (non-hydrogen) atoms. The number of fused-ring (bicyclic) bond motifs is 1. The molecule has 0 spiro atoms. The number of para-hydroxylation sites is 1. The maximum atomic E-state index is 11.1. The normalized spacial score (nSPS) is 20.8. The van der Waals surface area contributed by atoms with Gasteiger partial charge in [-0.05, 0) is 17.7 Å². The van der Waals surface area contributed by atoms with E-state index in [9.17, 15) is 5.21 Å². The molecule has 1 atom stereocenters. The zero-order chi connectivity index (χ0) is 8.55. The van der Waals surface area contributed by atoms with E-state index in [1.807, 2.05) is 0 Å². The summed E-state index contributed by atoms with van der Waals surface area (Å²) in [6.07, 6.45) is 0. The lowest BCUT2D eigenvalue weighted by atomic mass is 10.3. The van der Waals surface area contributed by atoms with Crippen molar-refractivity contribution >= 4 is 28.3 Å². The summed E-state index contributed by atoms with van der Waals surface area (Å²) in [6.45, 7) is 0. The first kappa shape index (κ1) is 7.54. The van der Waals surface area contributed by atoms with E-state index in [0.29, 0.717) is 11.4 Å². The highest BCUT2D eigenvalue weighted by Crippen LogP contribution is 2.23. The van der Waals surface area contributed by atoms with Gasteiger partial charge < -0.3 is 5.21 Å². The van der Waals surface area contributed by atoms with E-state index in [-0.39, 0.29) is 5.36 Å². The van der Waals surface area contributed by atoms with Gasteiger partial charge in [0.25, 0.3) is 0 Å². The number of aliphatic imine (C=N–C) groups is 1. The molecule has 0 fully saturated rings. The van der Waals surface area contributed by atoms with Gasteiger partial charge in [0, 0.05) is 6.07 Å². The summed E-state index contributed by atoms with van der Waals surface area (Å²) in [7, 11) is 0. The van der Waals surface area contributed by atoms with Crippen LogP contribution in [0.1, 0.15) is 0 Å². The first-order chi connectivity index (χ1) is 5.77. The maximum Gasteiger partial charge on any atom is 0.353 e. The Balaban J connectivity index is 2.55. The third-order valence-corrected chi connectivity index (χ3v) is 1.67. The number of benzene rings is 1. The lowest BCUT2D eigenvalue weighted by Gasteiger charge is -2.22. The van der Waals surface area contributed by atoms with Crippen LogP contribution in [0.25, 0.3) is 0 Å². The van der Waals surface area contributed by atoms with Gasteiger partial charge in [0.15, 0.2) is 5.69 Å². The monoisotopic (exact) mass is 184 g/mol. The van der Waals surface area contributed by atoms with Gasteiger partial charge in [-0.3, -0.25) is 4.84 Å². The number of rotatable bonds is 0. The first-order valence-electron chi connectivity index (χ1n) is 3.33. The summed E-state index contributed by atoms with van der Waals surface area (Å²) < 4.78 is 0. The Morgan fingerprint density at radius 2 is 2.17 bits per heavy atom. The van der Waals surface area contributed by atoms with Crippen molar-refractivity contribution in [1.29, 1.82) is 0 Å². The highest BCUT2D eigenvalue weighted by atomic mass is 35.5.